The molecular weight excluding hydrogens is 279 g/mol. The predicted molar refractivity (Wildman–Crippen MR) is 85.1 cm³/mol. The molecule has 1 aliphatic heterocycles. The molecule has 0 bridgehead atoms. The number of aryl methyl sites for hydroxylation is 1. The molecule has 0 saturated carbocycles. The molecule has 4 nitrogen and oxygen atoms in total. The highest BCUT2D eigenvalue weighted by atomic mass is 19.1. The molecule has 0 spiro atoms. The molecule has 0 aliphatic carbocycles. The second-order valence-corrected chi connectivity index (χ2v) is 5.91. The molecule has 1 aromatic heterocycles. The van der Waals surface area contributed by atoms with Gasteiger partial charge in [0.15, 0.2) is 0 Å². The summed E-state index contributed by atoms with van der Waals surface area (Å²) in [6.45, 7) is 9.35. The average molecular weight is 302 g/mol. The molecule has 2 heterocycles. The van der Waals surface area contributed by atoms with Crippen molar-refractivity contribution < 1.29 is 4.39 Å². The summed E-state index contributed by atoms with van der Waals surface area (Å²) in [6.07, 6.45) is 3.90. The van der Waals surface area contributed by atoms with E-state index in [4.69, 9.17) is 0 Å². The van der Waals surface area contributed by atoms with Gasteiger partial charge in [-0.05, 0) is 24.6 Å². The smallest absolute Gasteiger partial charge is 0.123 e. The minimum Gasteiger partial charge on any atom is -0.334 e. The van der Waals surface area contributed by atoms with E-state index in [0.717, 1.165) is 51.6 Å². The van der Waals surface area contributed by atoms with Crippen LogP contribution in [-0.4, -0.2) is 52.1 Å². The lowest BCUT2D eigenvalue weighted by Crippen LogP contribution is -2.46. The van der Waals surface area contributed by atoms with Crippen LogP contribution in [0.5, 0.6) is 0 Å². The van der Waals surface area contributed by atoms with E-state index in [1.165, 1.54) is 5.56 Å². The molecule has 0 unspecified atom stereocenters. The van der Waals surface area contributed by atoms with Crippen molar-refractivity contribution in [1.82, 2.24) is 19.4 Å². The van der Waals surface area contributed by atoms with Gasteiger partial charge in [-0.3, -0.25) is 9.80 Å². The summed E-state index contributed by atoms with van der Waals surface area (Å²) in [5.74, 6) is 0.915. The van der Waals surface area contributed by atoms with Gasteiger partial charge in [0.25, 0.3) is 0 Å². The Hall–Kier alpha value is -1.72. The molecule has 1 fully saturated rings. The molecule has 1 aliphatic rings. The number of halogens is 1. The van der Waals surface area contributed by atoms with Gasteiger partial charge >= 0.3 is 0 Å². The van der Waals surface area contributed by atoms with Gasteiger partial charge < -0.3 is 4.57 Å². The van der Waals surface area contributed by atoms with Crippen LogP contribution in [-0.2, 0) is 13.1 Å². The van der Waals surface area contributed by atoms with Crippen molar-refractivity contribution in [2.24, 2.45) is 0 Å². The zero-order chi connectivity index (χ0) is 15.4. The molecule has 118 valence electrons. The van der Waals surface area contributed by atoms with Gasteiger partial charge in [-0.15, -0.1) is 0 Å². The Labute approximate surface area is 131 Å². The molecule has 2 aromatic rings. The zero-order valence-electron chi connectivity index (χ0n) is 13.1. The molecule has 22 heavy (non-hydrogen) atoms. The minimum atomic E-state index is -0.164. The van der Waals surface area contributed by atoms with Crippen LogP contribution in [0, 0.1) is 12.7 Å². The lowest BCUT2D eigenvalue weighted by molar-refractivity contribution is 0.124. The first-order valence-corrected chi connectivity index (χ1v) is 7.87. The largest absolute Gasteiger partial charge is 0.334 e. The molecule has 1 saturated heterocycles. The normalized spacial score (nSPS) is 17.0. The molecule has 0 atom stereocenters. The number of piperazine rings is 1. The Morgan fingerprint density at radius 3 is 2.32 bits per heavy atom. The summed E-state index contributed by atoms with van der Waals surface area (Å²) in [6, 6.07) is 6.84. The molecule has 3 rings (SSSR count). The van der Waals surface area contributed by atoms with Crippen LogP contribution in [0.3, 0.4) is 0 Å². The molecule has 1 aromatic carbocycles. The molecule has 0 radical (unpaired) electrons. The second kappa shape index (κ2) is 7.03. The maximum absolute atomic E-state index is 12.9. The minimum absolute atomic E-state index is 0.164. The number of hydrogen-bond donors (Lipinski definition) is 0. The van der Waals surface area contributed by atoms with E-state index >= 15 is 0 Å². The molecule has 0 amide bonds. The van der Waals surface area contributed by atoms with E-state index in [1.807, 2.05) is 31.5 Å². The molecule has 5 heteroatoms. The maximum atomic E-state index is 12.9. The van der Waals surface area contributed by atoms with Gasteiger partial charge in [0.1, 0.15) is 11.6 Å². The van der Waals surface area contributed by atoms with Crippen molar-refractivity contribution >= 4 is 0 Å². The number of hydrogen-bond acceptors (Lipinski definition) is 3. The Balaban J connectivity index is 1.42. The highest BCUT2D eigenvalue weighted by Gasteiger charge is 2.16. The quantitative estimate of drug-likeness (QED) is 0.846. The van der Waals surface area contributed by atoms with E-state index < -0.39 is 0 Å². The second-order valence-electron chi connectivity index (χ2n) is 5.91. The fourth-order valence-corrected chi connectivity index (χ4v) is 2.91. The van der Waals surface area contributed by atoms with Crippen LogP contribution >= 0.6 is 0 Å². The van der Waals surface area contributed by atoms with Gasteiger partial charge in [-0.2, -0.15) is 0 Å². The Morgan fingerprint density at radius 2 is 1.68 bits per heavy atom. The monoisotopic (exact) mass is 302 g/mol. The van der Waals surface area contributed by atoms with Crippen LogP contribution in [0.4, 0.5) is 4.39 Å². The molecule has 0 N–H and O–H groups in total. The van der Waals surface area contributed by atoms with Crippen molar-refractivity contribution in [3.63, 3.8) is 0 Å². The Kier molecular flexibility index (Phi) is 4.85. The van der Waals surface area contributed by atoms with E-state index in [0.29, 0.717) is 0 Å². The van der Waals surface area contributed by atoms with Crippen molar-refractivity contribution in [3.05, 3.63) is 53.9 Å². The summed E-state index contributed by atoms with van der Waals surface area (Å²) < 4.78 is 15.1. The fraction of sp³-hybridized carbons (Fsp3) is 0.471. The van der Waals surface area contributed by atoms with Crippen molar-refractivity contribution in [3.8, 4) is 0 Å². The highest BCUT2D eigenvalue weighted by molar-refractivity contribution is 5.15. The third kappa shape index (κ3) is 3.93. The lowest BCUT2D eigenvalue weighted by atomic mass is 10.2. The highest BCUT2D eigenvalue weighted by Crippen LogP contribution is 2.10. The summed E-state index contributed by atoms with van der Waals surface area (Å²) in [7, 11) is 0. The number of imidazole rings is 1. The van der Waals surface area contributed by atoms with E-state index in [9.17, 15) is 4.39 Å². The molecular formula is C17H23FN4. The van der Waals surface area contributed by atoms with Crippen LogP contribution in [0.1, 0.15) is 11.4 Å². The summed E-state index contributed by atoms with van der Waals surface area (Å²) in [4.78, 5) is 9.19. The van der Waals surface area contributed by atoms with Crippen molar-refractivity contribution in [2.75, 3.05) is 32.7 Å². The van der Waals surface area contributed by atoms with Gasteiger partial charge in [0, 0.05) is 58.2 Å². The first-order chi connectivity index (χ1) is 10.7. The first-order valence-electron chi connectivity index (χ1n) is 7.87. The zero-order valence-corrected chi connectivity index (χ0v) is 13.1. The third-order valence-electron chi connectivity index (χ3n) is 4.37. The van der Waals surface area contributed by atoms with E-state index in [-0.39, 0.29) is 5.82 Å². The first kappa shape index (κ1) is 15.2. The average Bonchev–Trinajstić information content (AvgIpc) is 2.94. The van der Waals surface area contributed by atoms with E-state index in [1.54, 1.807) is 12.1 Å². The Morgan fingerprint density at radius 1 is 1.00 bits per heavy atom. The summed E-state index contributed by atoms with van der Waals surface area (Å²) in [5.41, 5.74) is 1.18. The van der Waals surface area contributed by atoms with Gasteiger partial charge in [-0.25, -0.2) is 9.37 Å². The fourth-order valence-electron chi connectivity index (χ4n) is 2.91. The lowest BCUT2D eigenvalue weighted by Gasteiger charge is -2.34. The number of aromatic nitrogens is 2. The van der Waals surface area contributed by atoms with E-state index in [2.05, 4.69) is 19.4 Å². The van der Waals surface area contributed by atoms with Gasteiger partial charge in [-0.1, -0.05) is 12.1 Å². The SMILES string of the molecule is Cc1nccn1CCN1CCN(Cc2ccc(F)cc2)CC1. The number of nitrogens with zero attached hydrogens (tertiary/aromatic N) is 4. The number of rotatable bonds is 5. The topological polar surface area (TPSA) is 24.3 Å². The maximum Gasteiger partial charge on any atom is 0.123 e. The predicted octanol–water partition coefficient (Wildman–Crippen LogP) is 2.15. The Bertz CT molecular complexity index is 585. The van der Waals surface area contributed by atoms with Crippen molar-refractivity contribution in [1.29, 1.82) is 0 Å². The van der Waals surface area contributed by atoms with Crippen LogP contribution in [0.25, 0.3) is 0 Å². The number of benzene rings is 1. The van der Waals surface area contributed by atoms with Crippen LogP contribution < -0.4 is 0 Å². The third-order valence-corrected chi connectivity index (χ3v) is 4.37. The summed E-state index contributed by atoms with van der Waals surface area (Å²) in [5, 5.41) is 0. The standard InChI is InChI=1S/C17H23FN4/c1-15-19-6-7-22(15)13-12-20-8-10-21(11-9-20)14-16-2-4-17(18)5-3-16/h2-7H,8-14H2,1H3. The van der Waals surface area contributed by atoms with Crippen molar-refractivity contribution in [2.45, 2.75) is 20.0 Å². The van der Waals surface area contributed by atoms with Gasteiger partial charge in [0.2, 0.25) is 0 Å². The van der Waals surface area contributed by atoms with Gasteiger partial charge in [0.05, 0.1) is 0 Å². The van der Waals surface area contributed by atoms with Crippen LogP contribution in [0.15, 0.2) is 36.7 Å². The summed E-state index contributed by atoms with van der Waals surface area (Å²) >= 11 is 0. The van der Waals surface area contributed by atoms with Crippen LogP contribution in [0.2, 0.25) is 0 Å².